The first-order valence-corrected chi connectivity index (χ1v) is 6.78. The predicted molar refractivity (Wildman–Crippen MR) is 78.3 cm³/mol. The number of hydrogen-bond acceptors (Lipinski definition) is 4. The Morgan fingerprint density at radius 2 is 1.90 bits per heavy atom. The zero-order valence-corrected chi connectivity index (χ0v) is 12.2. The van der Waals surface area contributed by atoms with Crippen molar-refractivity contribution in [3.05, 3.63) is 53.9 Å². The van der Waals surface area contributed by atoms with E-state index in [4.69, 9.17) is 4.74 Å². The van der Waals surface area contributed by atoms with E-state index in [1.165, 1.54) is 6.92 Å². The van der Waals surface area contributed by atoms with Gasteiger partial charge in [-0.1, -0.05) is 30.3 Å². The van der Waals surface area contributed by atoms with Crippen LogP contribution in [-0.4, -0.2) is 34.6 Å². The number of carbonyl (C=O) groups is 2. The number of ether oxygens (including phenoxy) is 1. The third-order valence-corrected chi connectivity index (χ3v) is 3.14. The second-order valence-electron chi connectivity index (χ2n) is 4.87. The molecule has 0 unspecified atom stereocenters. The fraction of sp³-hybridized carbons (Fsp3) is 0.312. The van der Waals surface area contributed by atoms with E-state index in [9.17, 15) is 9.59 Å². The summed E-state index contributed by atoms with van der Waals surface area (Å²) in [5.74, 6) is -0.287. The molecular weight excluding hydrogens is 268 g/mol. The van der Waals surface area contributed by atoms with E-state index in [0.717, 1.165) is 5.56 Å². The lowest BCUT2D eigenvalue weighted by atomic mass is 10.1. The maximum atomic E-state index is 12.1. The second-order valence-corrected chi connectivity index (χ2v) is 4.87. The molecule has 0 radical (unpaired) electrons. The van der Waals surface area contributed by atoms with E-state index in [0.29, 0.717) is 5.69 Å². The summed E-state index contributed by atoms with van der Waals surface area (Å²) in [7, 11) is 0. The summed E-state index contributed by atoms with van der Waals surface area (Å²) in [5, 5.41) is 4.23. The van der Waals surface area contributed by atoms with Gasteiger partial charge in [0.2, 0.25) is 5.78 Å². The van der Waals surface area contributed by atoms with Gasteiger partial charge in [0.1, 0.15) is 18.9 Å². The van der Waals surface area contributed by atoms with Gasteiger partial charge in [-0.25, -0.2) is 0 Å². The van der Waals surface area contributed by atoms with Crippen molar-refractivity contribution in [1.29, 1.82) is 0 Å². The first-order chi connectivity index (χ1) is 10.1. The van der Waals surface area contributed by atoms with Gasteiger partial charge in [-0.2, -0.15) is 5.10 Å². The van der Waals surface area contributed by atoms with Crippen molar-refractivity contribution in [3.8, 4) is 0 Å². The Morgan fingerprint density at radius 1 is 1.19 bits per heavy atom. The third kappa shape index (κ3) is 3.86. The molecule has 1 heterocycles. The number of ketones is 2. The van der Waals surface area contributed by atoms with Crippen molar-refractivity contribution in [3.63, 3.8) is 0 Å². The Kier molecular flexibility index (Phi) is 5.00. The third-order valence-electron chi connectivity index (χ3n) is 3.14. The zero-order chi connectivity index (χ0) is 15.2. The van der Waals surface area contributed by atoms with Crippen LogP contribution in [0.15, 0.2) is 42.6 Å². The molecule has 0 saturated carbocycles. The van der Waals surface area contributed by atoms with Crippen molar-refractivity contribution in [2.45, 2.75) is 19.9 Å². The Balaban J connectivity index is 2.11. The van der Waals surface area contributed by atoms with Crippen LogP contribution in [0.3, 0.4) is 0 Å². The average Bonchev–Trinajstić information content (AvgIpc) is 2.96. The van der Waals surface area contributed by atoms with Crippen LogP contribution < -0.4 is 0 Å². The van der Waals surface area contributed by atoms with Gasteiger partial charge in [0.25, 0.3) is 0 Å². The molecule has 0 fully saturated rings. The highest BCUT2D eigenvalue weighted by molar-refractivity contribution is 5.95. The van der Waals surface area contributed by atoms with Crippen LogP contribution in [0.1, 0.15) is 35.9 Å². The van der Waals surface area contributed by atoms with Crippen LogP contribution in [0.2, 0.25) is 0 Å². The van der Waals surface area contributed by atoms with Crippen molar-refractivity contribution < 1.29 is 14.3 Å². The van der Waals surface area contributed by atoms with Gasteiger partial charge in [0.05, 0.1) is 6.04 Å². The fourth-order valence-corrected chi connectivity index (χ4v) is 2.08. The van der Waals surface area contributed by atoms with Crippen LogP contribution in [0.5, 0.6) is 0 Å². The number of nitrogens with zero attached hydrogens (tertiary/aromatic N) is 2. The molecule has 1 atom stereocenters. The van der Waals surface area contributed by atoms with Gasteiger partial charge < -0.3 is 4.74 Å². The minimum Gasteiger partial charge on any atom is -0.365 e. The van der Waals surface area contributed by atoms with E-state index in [1.54, 1.807) is 16.9 Å². The lowest BCUT2D eigenvalue weighted by Crippen LogP contribution is -2.19. The predicted octanol–water partition coefficient (Wildman–Crippen LogP) is 2.28. The van der Waals surface area contributed by atoms with Gasteiger partial charge in [-0.3, -0.25) is 14.3 Å². The molecule has 2 rings (SSSR count). The molecule has 21 heavy (non-hydrogen) atoms. The van der Waals surface area contributed by atoms with E-state index in [2.05, 4.69) is 5.10 Å². The molecular formula is C16H18N2O3. The Labute approximate surface area is 123 Å². The number of carbonyl (C=O) groups excluding carboxylic acids is 2. The molecule has 1 aromatic heterocycles. The van der Waals surface area contributed by atoms with Crippen LogP contribution in [0.4, 0.5) is 0 Å². The van der Waals surface area contributed by atoms with Gasteiger partial charge in [-0.15, -0.1) is 0 Å². The topological polar surface area (TPSA) is 61.2 Å². The van der Waals surface area contributed by atoms with Crippen LogP contribution in [-0.2, 0) is 9.53 Å². The highest BCUT2D eigenvalue weighted by Gasteiger charge is 2.17. The SMILES string of the molecule is CC(=O)COCC(=O)c1ccnn1[C@H](C)c1ccccc1. The number of aromatic nitrogens is 2. The summed E-state index contributed by atoms with van der Waals surface area (Å²) in [6.07, 6.45) is 1.59. The molecule has 1 aromatic carbocycles. The molecule has 0 saturated heterocycles. The summed E-state index contributed by atoms with van der Waals surface area (Å²) in [6, 6.07) is 11.5. The minimum absolute atomic E-state index is 0.0475. The molecule has 5 nitrogen and oxygen atoms in total. The maximum Gasteiger partial charge on any atom is 0.206 e. The van der Waals surface area contributed by atoms with Gasteiger partial charge >= 0.3 is 0 Å². The second kappa shape index (κ2) is 6.95. The average molecular weight is 286 g/mol. The molecule has 0 amide bonds. The number of Topliss-reactive ketones (excluding diaryl/α,β-unsaturated/α-hetero) is 2. The van der Waals surface area contributed by atoms with E-state index < -0.39 is 0 Å². The molecule has 0 N–H and O–H groups in total. The van der Waals surface area contributed by atoms with E-state index in [-0.39, 0.29) is 30.8 Å². The van der Waals surface area contributed by atoms with Crippen LogP contribution in [0.25, 0.3) is 0 Å². The lowest BCUT2D eigenvalue weighted by Gasteiger charge is -2.15. The molecule has 110 valence electrons. The van der Waals surface area contributed by atoms with Crippen LogP contribution in [0, 0.1) is 0 Å². The Bertz CT molecular complexity index is 619. The maximum absolute atomic E-state index is 12.1. The molecule has 2 aromatic rings. The lowest BCUT2D eigenvalue weighted by molar-refractivity contribution is -0.121. The summed E-state index contributed by atoms with van der Waals surface area (Å²) >= 11 is 0. The Hall–Kier alpha value is -2.27. The molecule has 0 bridgehead atoms. The Morgan fingerprint density at radius 3 is 2.57 bits per heavy atom. The number of benzene rings is 1. The fourth-order valence-electron chi connectivity index (χ4n) is 2.08. The number of rotatable bonds is 7. The van der Waals surface area contributed by atoms with Crippen LogP contribution >= 0.6 is 0 Å². The highest BCUT2D eigenvalue weighted by atomic mass is 16.5. The number of hydrogen-bond donors (Lipinski definition) is 0. The molecule has 0 spiro atoms. The molecule has 5 heteroatoms. The monoisotopic (exact) mass is 286 g/mol. The molecule has 0 aliphatic carbocycles. The first kappa shape index (κ1) is 15.1. The van der Waals surface area contributed by atoms with Gasteiger partial charge in [-0.05, 0) is 25.5 Å². The zero-order valence-electron chi connectivity index (χ0n) is 12.2. The first-order valence-electron chi connectivity index (χ1n) is 6.78. The smallest absolute Gasteiger partial charge is 0.206 e. The largest absolute Gasteiger partial charge is 0.365 e. The van der Waals surface area contributed by atoms with Crippen molar-refractivity contribution in [2.75, 3.05) is 13.2 Å². The summed E-state index contributed by atoms with van der Waals surface area (Å²) in [5.41, 5.74) is 1.55. The molecule has 0 aliphatic heterocycles. The summed E-state index contributed by atoms with van der Waals surface area (Å²) in [4.78, 5) is 23.0. The van der Waals surface area contributed by atoms with E-state index in [1.807, 2.05) is 37.3 Å². The van der Waals surface area contributed by atoms with Crippen molar-refractivity contribution in [2.24, 2.45) is 0 Å². The minimum atomic E-state index is -0.184. The van der Waals surface area contributed by atoms with Crippen molar-refractivity contribution >= 4 is 11.6 Å². The molecule has 0 aliphatic rings. The van der Waals surface area contributed by atoms with Gasteiger partial charge in [0.15, 0.2) is 5.78 Å². The summed E-state index contributed by atoms with van der Waals surface area (Å²) in [6.45, 7) is 3.24. The van der Waals surface area contributed by atoms with Gasteiger partial charge in [0, 0.05) is 6.20 Å². The van der Waals surface area contributed by atoms with Crippen molar-refractivity contribution in [1.82, 2.24) is 9.78 Å². The quantitative estimate of drug-likeness (QED) is 0.733. The standard InChI is InChI=1S/C16H18N2O3/c1-12(19)10-21-11-16(20)15-8-9-17-18(15)13(2)14-6-4-3-5-7-14/h3-9,13H,10-11H2,1-2H3/t13-/m1/s1. The normalized spacial score (nSPS) is 12.1. The highest BCUT2D eigenvalue weighted by Crippen LogP contribution is 2.18. The van der Waals surface area contributed by atoms with E-state index >= 15 is 0 Å². The summed E-state index contributed by atoms with van der Waals surface area (Å²) < 4.78 is 6.76.